The number of methoxy groups -OCH3 is 1. The largest absolute Gasteiger partial charge is 0.497 e. The van der Waals surface area contributed by atoms with Crippen LogP contribution in [0.3, 0.4) is 0 Å². The van der Waals surface area contributed by atoms with Crippen molar-refractivity contribution in [3.05, 3.63) is 80.7 Å². The number of benzene rings is 2. The van der Waals surface area contributed by atoms with Gasteiger partial charge in [0.25, 0.3) is 5.56 Å². The van der Waals surface area contributed by atoms with Gasteiger partial charge in [-0.25, -0.2) is 4.68 Å². The molecule has 0 atom stereocenters. The van der Waals surface area contributed by atoms with Gasteiger partial charge < -0.3 is 10.5 Å². The van der Waals surface area contributed by atoms with E-state index < -0.39 is 0 Å². The number of hydrogen-bond donors (Lipinski definition) is 1. The fraction of sp³-hybridized carbons (Fsp3) is 0.150. The van der Waals surface area contributed by atoms with Crippen molar-refractivity contribution >= 4 is 56.1 Å². The number of amidine groups is 1. The Hall–Kier alpha value is -2.30. The lowest BCUT2D eigenvalue weighted by atomic mass is 10.2. The van der Waals surface area contributed by atoms with E-state index in [2.05, 4.69) is 26.1 Å². The van der Waals surface area contributed by atoms with E-state index in [0.29, 0.717) is 15.4 Å². The third-order valence-corrected chi connectivity index (χ3v) is 5.75. The van der Waals surface area contributed by atoms with Gasteiger partial charge in [0.2, 0.25) is 0 Å². The summed E-state index contributed by atoms with van der Waals surface area (Å²) in [4.78, 5) is 12.6. The highest BCUT2D eigenvalue weighted by atomic mass is 79.9. The van der Waals surface area contributed by atoms with Crippen molar-refractivity contribution in [1.82, 2.24) is 9.36 Å². The van der Waals surface area contributed by atoms with E-state index in [4.69, 9.17) is 10.5 Å². The molecule has 0 unspecified atom stereocenters. The molecule has 0 fully saturated rings. The minimum absolute atomic E-state index is 0. The predicted molar refractivity (Wildman–Crippen MR) is 133 cm³/mol. The highest BCUT2D eigenvalue weighted by Crippen LogP contribution is 2.21. The van der Waals surface area contributed by atoms with Crippen molar-refractivity contribution < 1.29 is 4.74 Å². The maximum atomic E-state index is 12.6. The Labute approximate surface area is 197 Å². The van der Waals surface area contributed by atoms with Crippen molar-refractivity contribution in [3.63, 3.8) is 0 Å². The maximum absolute atomic E-state index is 12.6. The first-order valence-corrected chi connectivity index (χ1v) is 10.4. The van der Waals surface area contributed by atoms with Gasteiger partial charge in [-0.2, -0.15) is 5.10 Å². The summed E-state index contributed by atoms with van der Waals surface area (Å²) >= 11 is 4.71. The lowest BCUT2D eigenvalue weighted by Gasteiger charge is -2.09. The van der Waals surface area contributed by atoms with E-state index >= 15 is 0 Å². The summed E-state index contributed by atoms with van der Waals surface area (Å²) < 4.78 is 9.04. The lowest BCUT2D eigenvalue weighted by Crippen LogP contribution is -2.19. The van der Waals surface area contributed by atoms with Crippen LogP contribution in [0.15, 0.2) is 74.1 Å². The quantitative estimate of drug-likeness (QED) is 0.282. The van der Waals surface area contributed by atoms with Gasteiger partial charge in [0.05, 0.1) is 24.7 Å². The third kappa shape index (κ3) is 5.65. The molecular weight excluding hydrogens is 534 g/mol. The van der Waals surface area contributed by atoms with E-state index in [0.717, 1.165) is 22.7 Å². The Morgan fingerprint density at radius 2 is 1.87 bits per heavy atom. The number of rotatable bonds is 6. The average molecular weight is 555 g/mol. The number of hydrogen-bond acceptors (Lipinski definition) is 5. The Bertz CT molecular complexity index is 1090. The molecule has 7 nitrogen and oxygen atoms in total. The first kappa shape index (κ1) is 24.0. The van der Waals surface area contributed by atoms with Gasteiger partial charge in [-0.3, -0.25) is 9.48 Å². The molecule has 0 radical (unpaired) electrons. The van der Waals surface area contributed by atoms with Crippen molar-refractivity contribution in [2.75, 3.05) is 7.11 Å². The molecule has 3 rings (SSSR count). The zero-order chi connectivity index (χ0) is 20.8. The van der Waals surface area contributed by atoms with Crippen molar-refractivity contribution in [3.8, 4) is 11.4 Å². The zero-order valence-corrected chi connectivity index (χ0v) is 20.5. The van der Waals surface area contributed by atoms with Crippen LogP contribution in [0.1, 0.15) is 11.3 Å². The monoisotopic (exact) mass is 553 g/mol. The first-order chi connectivity index (χ1) is 14.0. The van der Waals surface area contributed by atoms with Crippen LogP contribution in [-0.2, 0) is 12.8 Å². The molecule has 0 aliphatic rings. The van der Waals surface area contributed by atoms with E-state index in [1.807, 2.05) is 66.3 Å². The number of halogens is 2. The highest BCUT2D eigenvalue weighted by molar-refractivity contribution is 9.10. The molecule has 0 saturated carbocycles. The fourth-order valence-electron chi connectivity index (χ4n) is 2.65. The van der Waals surface area contributed by atoms with E-state index in [9.17, 15) is 4.79 Å². The molecule has 0 spiro atoms. The molecule has 0 aliphatic carbocycles. The van der Waals surface area contributed by atoms with Gasteiger partial charge in [-0.15, -0.1) is 22.1 Å². The maximum Gasteiger partial charge on any atom is 0.286 e. The number of nitrogens with zero attached hydrogens (tertiary/aromatic N) is 4. The predicted octanol–water partition coefficient (Wildman–Crippen LogP) is 4.11. The van der Waals surface area contributed by atoms with Gasteiger partial charge >= 0.3 is 0 Å². The summed E-state index contributed by atoms with van der Waals surface area (Å²) in [5.41, 5.74) is 8.32. The van der Waals surface area contributed by atoms with Crippen LogP contribution in [-0.4, -0.2) is 27.9 Å². The third-order valence-electron chi connectivity index (χ3n) is 4.16. The fourth-order valence-corrected chi connectivity index (χ4v) is 4.12. The van der Waals surface area contributed by atoms with Crippen molar-refractivity contribution in [2.24, 2.45) is 23.0 Å². The molecule has 1 heterocycles. The van der Waals surface area contributed by atoms with Crippen LogP contribution >= 0.6 is 44.7 Å². The van der Waals surface area contributed by atoms with Crippen LogP contribution in [0.5, 0.6) is 5.75 Å². The minimum atomic E-state index is -0.123. The molecule has 158 valence electrons. The van der Waals surface area contributed by atoms with E-state index in [1.165, 1.54) is 11.8 Å². The summed E-state index contributed by atoms with van der Waals surface area (Å²) in [6.07, 6.45) is 1.62. The molecule has 10 heteroatoms. The summed E-state index contributed by atoms with van der Waals surface area (Å²) in [6, 6.07) is 16.9. The molecular formula is C20H21Br2N5O2S. The van der Waals surface area contributed by atoms with Gasteiger partial charge in [-0.05, 0) is 57.9 Å². The van der Waals surface area contributed by atoms with Gasteiger partial charge in [0.15, 0.2) is 5.17 Å². The Kier molecular flexibility index (Phi) is 8.94. The van der Waals surface area contributed by atoms with Crippen LogP contribution in [0.2, 0.25) is 0 Å². The molecule has 0 saturated heterocycles. The van der Waals surface area contributed by atoms with Crippen molar-refractivity contribution in [2.45, 2.75) is 5.75 Å². The first-order valence-electron chi connectivity index (χ1n) is 8.66. The normalized spacial score (nSPS) is 11.5. The van der Waals surface area contributed by atoms with Crippen molar-refractivity contribution in [1.29, 1.82) is 0 Å². The summed E-state index contributed by atoms with van der Waals surface area (Å²) in [7, 11) is 3.46. The second kappa shape index (κ2) is 11.2. The summed E-state index contributed by atoms with van der Waals surface area (Å²) in [5.74, 6) is 1.25. The second-order valence-electron chi connectivity index (χ2n) is 5.98. The molecule has 1 aromatic heterocycles. The summed E-state index contributed by atoms with van der Waals surface area (Å²) in [6.45, 7) is 0. The SMILES string of the molecule is Br.COc1ccc(C=NN=C(N)SCc2c(Br)c(=O)n(-c3ccccc3)n2C)cc1. The Morgan fingerprint density at radius 1 is 1.20 bits per heavy atom. The molecule has 0 bridgehead atoms. The zero-order valence-electron chi connectivity index (χ0n) is 16.4. The lowest BCUT2D eigenvalue weighted by molar-refractivity contribution is 0.415. The highest BCUT2D eigenvalue weighted by Gasteiger charge is 2.17. The van der Waals surface area contributed by atoms with Crippen LogP contribution in [0.4, 0.5) is 0 Å². The van der Waals surface area contributed by atoms with Crippen LogP contribution in [0.25, 0.3) is 5.69 Å². The van der Waals surface area contributed by atoms with E-state index in [1.54, 1.807) is 18.0 Å². The number of nitrogens with two attached hydrogens (primary N) is 1. The smallest absolute Gasteiger partial charge is 0.286 e. The van der Waals surface area contributed by atoms with Gasteiger partial charge in [0.1, 0.15) is 10.2 Å². The van der Waals surface area contributed by atoms with Crippen LogP contribution in [0, 0.1) is 0 Å². The molecule has 30 heavy (non-hydrogen) atoms. The number of aromatic nitrogens is 2. The average Bonchev–Trinajstić information content (AvgIpc) is 2.96. The van der Waals surface area contributed by atoms with Gasteiger partial charge in [-0.1, -0.05) is 30.0 Å². The van der Waals surface area contributed by atoms with E-state index in [-0.39, 0.29) is 22.5 Å². The van der Waals surface area contributed by atoms with Gasteiger partial charge in [0, 0.05) is 12.8 Å². The Balaban J connectivity index is 0.00000320. The Morgan fingerprint density at radius 3 is 2.50 bits per heavy atom. The summed E-state index contributed by atoms with van der Waals surface area (Å²) in [5, 5.41) is 8.33. The molecule has 2 aromatic carbocycles. The molecule has 0 aliphatic heterocycles. The number of para-hydroxylation sites is 1. The molecule has 2 N–H and O–H groups in total. The standard InChI is InChI=1S/C20H20BrN5O2S.BrH/c1-25-17(18(21)19(27)26(25)15-6-4-3-5-7-15)13-29-20(22)24-23-12-14-8-10-16(28-2)11-9-14;/h3-12H,13H2,1-2H3,(H2,22,24);1H. The van der Waals surface area contributed by atoms with Crippen LogP contribution < -0.4 is 16.0 Å². The number of thioether (sulfide) groups is 1. The molecule has 3 aromatic rings. The number of ether oxygens (including phenoxy) is 1. The minimum Gasteiger partial charge on any atom is -0.497 e. The topological polar surface area (TPSA) is 86.9 Å². The molecule has 0 amide bonds. The second-order valence-corrected chi connectivity index (χ2v) is 7.77.